The lowest BCUT2D eigenvalue weighted by molar-refractivity contribution is -0.148. The molecule has 0 aromatic heterocycles. The molecule has 2 N–H and O–H groups in total. The van der Waals surface area contributed by atoms with E-state index in [1.54, 1.807) is 38.0 Å². The Morgan fingerprint density at radius 2 is 1.48 bits per heavy atom. The number of methoxy groups -OCH3 is 2. The van der Waals surface area contributed by atoms with Gasteiger partial charge in [-0.3, -0.25) is 28.9 Å². The summed E-state index contributed by atoms with van der Waals surface area (Å²) in [5.41, 5.74) is 0.282. The molecule has 56 heavy (non-hydrogen) atoms. The van der Waals surface area contributed by atoms with Gasteiger partial charge < -0.3 is 29.9 Å². The Bertz CT molecular complexity index is 1420. The molecule has 1 saturated heterocycles. The molecule has 1 fully saturated rings. The van der Waals surface area contributed by atoms with Gasteiger partial charge in [0.1, 0.15) is 6.04 Å². The quantitative estimate of drug-likeness (QED) is 0.178. The van der Waals surface area contributed by atoms with Crippen molar-refractivity contribution in [3.8, 4) is 0 Å². The van der Waals surface area contributed by atoms with E-state index in [-0.39, 0.29) is 59.6 Å². The van der Waals surface area contributed by atoms with Crippen LogP contribution in [0.4, 0.5) is 0 Å². The summed E-state index contributed by atoms with van der Waals surface area (Å²) < 4.78 is 12.0. The van der Waals surface area contributed by atoms with Gasteiger partial charge in [-0.1, -0.05) is 106 Å². The maximum absolute atomic E-state index is 14.3. The second-order valence-corrected chi connectivity index (χ2v) is 17.8. The van der Waals surface area contributed by atoms with E-state index in [0.29, 0.717) is 19.4 Å². The summed E-state index contributed by atoms with van der Waals surface area (Å²) >= 11 is 0. The summed E-state index contributed by atoms with van der Waals surface area (Å²) in [6.07, 6.45) is 1.27. The minimum Gasteiger partial charge on any atom is -0.379 e. The molecule has 1 aliphatic heterocycles. The van der Waals surface area contributed by atoms with Gasteiger partial charge in [-0.05, 0) is 56.7 Å². The molecule has 1 aromatic carbocycles. The molecule has 12 nitrogen and oxygen atoms in total. The van der Waals surface area contributed by atoms with Gasteiger partial charge in [0, 0.05) is 33.2 Å². The van der Waals surface area contributed by atoms with Crippen molar-refractivity contribution in [1.29, 1.82) is 0 Å². The second kappa shape index (κ2) is 22.0. The molecule has 5 unspecified atom stereocenters. The number of nitrogens with one attached hydrogen (secondary N) is 2. The van der Waals surface area contributed by atoms with Gasteiger partial charge in [-0.2, -0.15) is 0 Å². The van der Waals surface area contributed by atoms with Crippen LogP contribution in [-0.2, 0) is 39.9 Å². The Balaban J connectivity index is 2.32. The smallest absolute Gasteiger partial charge is 0.245 e. The molecule has 0 radical (unpaired) electrons. The van der Waals surface area contributed by atoms with E-state index in [1.807, 2.05) is 112 Å². The summed E-state index contributed by atoms with van der Waals surface area (Å²) in [7, 11) is 8.57. The number of hydrogen-bond donors (Lipinski definition) is 2. The molecule has 1 heterocycles. The number of ether oxygens (including phenoxy) is 2. The minimum atomic E-state index is -0.766. The number of hydrogen-bond acceptors (Lipinski definition) is 8. The molecule has 0 spiro atoms. The van der Waals surface area contributed by atoms with Crippen LogP contribution in [0, 0.1) is 29.1 Å². The summed E-state index contributed by atoms with van der Waals surface area (Å²) in [5.74, 6) is -1.78. The number of likely N-dealkylation sites (tertiary alicyclic amines) is 1. The first kappa shape index (κ1) is 48.8. The van der Waals surface area contributed by atoms with E-state index in [4.69, 9.17) is 9.47 Å². The van der Waals surface area contributed by atoms with Crippen molar-refractivity contribution in [3.63, 3.8) is 0 Å². The number of amides is 4. The highest BCUT2D eigenvalue weighted by Crippen LogP contribution is 2.30. The van der Waals surface area contributed by atoms with Crippen LogP contribution in [0.3, 0.4) is 0 Å². The molecule has 0 bridgehead atoms. The fourth-order valence-corrected chi connectivity index (χ4v) is 8.30. The summed E-state index contributed by atoms with van der Waals surface area (Å²) in [5, 5.41) is 6.08. The monoisotopic (exact) mass is 786 g/mol. The van der Waals surface area contributed by atoms with Crippen molar-refractivity contribution >= 4 is 29.4 Å². The SMILES string of the molecule is CCC(C)C(C(CC(=O)N1CCC[C@H]1[C@H](OC)[C@@H](C)C(=O)N[C@@H](Cc1ccccc1)C(=O)C(C)(C)C)OC)N(C)C(=O)C(NC(=O)C(C(C)C)N(C)C)C(C)C. The molecular formula is C44H75N5O7. The number of nitrogens with zero attached hydrogens (tertiary/aromatic N) is 3. The highest BCUT2D eigenvalue weighted by Gasteiger charge is 2.44. The van der Waals surface area contributed by atoms with Gasteiger partial charge in [0.05, 0.1) is 48.7 Å². The number of ketones is 1. The minimum absolute atomic E-state index is 0.0185. The lowest BCUT2D eigenvalue weighted by atomic mass is 9.83. The number of likely N-dealkylation sites (N-methyl/N-ethyl adjacent to an activating group) is 2. The average Bonchev–Trinajstić information content (AvgIpc) is 3.62. The predicted molar refractivity (Wildman–Crippen MR) is 222 cm³/mol. The summed E-state index contributed by atoms with van der Waals surface area (Å²) in [4.78, 5) is 74.8. The Morgan fingerprint density at radius 3 is 1.96 bits per heavy atom. The highest BCUT2D eigenvalue weighted by atomic mass is 16.5. The van der Waals surface area contributed by atoms with Crippen molar-refractivity contribution in [3.05, 3.63) is 35.9 Å². The van der Waals surface area contributed by atoms with Crippen LogP contribution in [0.2, 0.25) is 0 Å². The van der Waals surface area contributed by atoms with Crippen LogP contribution in [0.15, 0.2) is 30.3 Å². The Labute approximate surface area is 338 Å². The highest BCUT2D eigenvalue weighted by molar-refractivity contribution is 5.93. The molecule has 318 valence electrons. The average molecular weight is 786 g/mol. The van der Waals surface area contributed by atoms with Crippen LogP contribution in [0.25, 0.3) is 0 Å². The topological polar surface area (TPSA) is 138 Å². The molecular weight excluding hydrogens is 711 g/mol. The summed E-state index contributed by atoms with van der Waals surface area (Å²) in [6, 6.07) is 6.91. The standard InChI is InChI=1S/C44H75N5O7/c1-16-29(6)38(48(13)43(54)36(27(2)3)46-42(53)37(28(4)5)47(11)12)34(55-14)26-35(50)49-24-20-23-33(49)39(56-15)30(7)41(52)45-32(40(51)44(8,9)10)25-31-21-18-17-19-22-31/h17-19,21-22,27-30,32-34,36-39H,16,20,23-26H2,1-15H3,(H,45,52)(H,46,53)/t29?,30-,32+,33+,34?,36?,37?,38?,39-/m1/s1. The van der Waals surface area contributed by atoms with Crippen molar-refractivity contribution in [2.75, 3.05) is 41.9 Å². The Hall–Kier alpha value is -3.35. The van der Waals surface area contributed by atoms with Crippen LogP contribution < -0.4 is 10.6 Å². The largest absolute Gasteiger partial charge is 0.379 e. The van der Waals surface area contributed by atoms with E-state index >= 15 is 0 Å². The first-order valence-corrected chi connectivity index (χ1v) is 20.6. The van der Waals surface area contributed by atoms with Crippen LogP contribution in [0.1, 0.15) is 100 Å². The van der Waals surface area contributed by atoms with E-state index < -0.39 is 47.7 Å². The van der Waals surface area contributed by atoms with Crippen molar-refractivity contribution < 1.29 is 33.4 Å². The van der Waals surface area contributed by atoms with Crippen molar-refractivity contribution in [2.24, 2.45) is 29.1 Å². The third kappa shape index (κ3) is 12.8. The number of carbonyl (C=O) groups excluding carboxylic acids is 5. The first-order valence-electron chi connectivity index (χ1n) is 20.6. The zero-order chi connectivity index (χ0) is 42.7. The van der Waals surface area contributed by atoms with Crippen LogP contribution >= 0.6 is 0 Å². The number of rotatable bonds is 21. The van der Waals surface area contributed by atoms with Gasteiger partial charge in [0.2, 0.25) is 23.6 Å². The molecule has 9 atom stereocenters. The van der Waals surface area contributed by atoms with Crippen molar-refractivity contribution in [1.82, 2.24) is 25.3 Å². The van der Waals surface area contributed by atoms with E-state index in [1.165, 1.54) is 0 Å². The molecule has 2 rings (SSSR count). The lowest BCUT2D eigenvalue weighted by Crippen LogP contribution is -2.59. The van der Waals surface area contributed by atoms with E-state index in [2.05, 4.69) is 10.6 Å². The van der Waals surface area contributed by atoms with Crippen LogP contribution in [-0.4, -0.2) is 128 Å². The Morgan fingerprint density at radius 1 is 0.875 bits per heavy atom. The van der Waals surface area contributed by atoms with E-state index in [9.17, 15) is 24.0 Å². The summed E-state index contributed by atoms with van der Waals surface area (Å²) in [6.45, 7) is 19.7. The van der Waals surface area contributed by atoms with Gasteiger partial charge >= 0.3 is 0 Å². The van der Waals surface area contributed by atoms with Gasteiger partial charge in [-0.25, -0.2) is 0 Å². The van der Waals surface area contributed by atoms with Gasteiger partial charge in [-0.15, -0.1) is 0 Å². The molecule has 1 aromatic rings. The number of benzene rings is 1. The third-order valence-corrected chi connectivity index (χ3v) is 11.6. The fraction of sp³-hybridized carbons (Fsp3) is 0.750. The Kier molecular flexibility index (Phi) is 19.1. The van der Waals surface area contributed by atoms with E-state index in [0.717, 1.165) is 18.4 Å². The molecule has 0 aliphatic carbocycles. The molecule has 12 heteroatoms. The number of carbonyl (C=O) groups is 5. The zero-order valence-electron chi connectivity index (χ0n) is 37.2. The van der Waals surface area contributed by atoms with Crippen LogP contribution in [0.5, 0.6) is 0 Å². The molecule has 1 aliphatic rings. The maximum atomic E-state index is 14.3. The predicted octanol–water partition coefficient (Wildman–Crippen LogP) is 4.98. The molecule has 0 saturated carbocycles. The third-order valence-electron chi connectivity index (χ3n) is 11.6. The maximum Gasteiger partial charge on any atom is 0.245 e. The zero-order valence-corrected chi connectivity index (χ0v) is 37.2. The van der Waals surface area contributed by atoms with Gasteiger partial charge in [0.15, 0.2) is 5.78 Å². The van der Waals surface area contributed by atoms with Crippen molar-refractivity contribution in [2.45, 2.75) is 144 Å². The fourth-order valence-electron chi connectivity index (χ4n) is 8.30. The first-order chi connectivity index (χ1) is 26.1. The van der Waals surface area contributed by atoms with Gasteiger partial charge in [0.25, 0.3) is 0 Å². The normalized spacial score (nSPS) is 19.2. The second-order valence-electron chi connectivity index (χ2n) is 17.8. The molecule has 4 amide bonds. The number of Topliss-reactive ketones (excluding diaryl/α,β-unsaturated/α-hetero) is 1. The lowest BCUT2D eigenvalue weighted by Gasteiger charge is -2.41.